The first kappa shape index (κ1) is 12.2. The van der Waals surface area contributed by atoms with E-state index in [1.54, 1.807) is 0 Å². The Kier molecular flexibility index (Phi) is 3.77. The Labute approximate surface area is 114 Å². The number of likely N-dealkylation sites (tertiary alicyclic amines) is 1. The molecule has 0 unspecified atom stereocenters. The lowest BCUT2D eigenvalue weighted by Gasteiger charge is -2.21. The number of amidine groups is 1. The van der Waals surface area contributed by atoms with E-state index < -0.39 is 0 Å². The summed E-state index contributed by atoms with van der Waals surface area (Å²) in [6.45, 7) is 3.11. The summed E-state index contributed by atoms with van der Waals surface area (Å²) in [6, 6.07) is 10.2. The molecule has 0 bridgehead atoms. The Morgan fingerprint density at radius 1 is 1.11 bits per heavy atom. The number of aliphatic imine (C=N–C) groups is 2. The van der Waals surface area contributed by atoms with Crippen LogP contribution in [0.25, 0.3) is 0 Å². The maximum absolute atomic E-state index is 4.73. The van der Waals surface area contributed by atoms with Crippen molar-refractivity contribution >= 4 is 17.5 Å². The number of para-hydroxylation sites is 1. The Morgan fingerprint density at radius 2 is 1.89 bits per heavy atom. The van der Waals surface area contributed by atoms with Gasteiger partial charge in [-0.2, -0.15) is 4.99 Å². The summed E-state index contributed by atoms with van der Waals surface area (Å²) < 4.78 is 0. The first-order valence-electron chi connectivity index (χ1n) is 7.11. The van der Waals surface area contributed by atoms with Gasteiger partial charge in [0.1, 0.15) is 5.84 Å². The van der Waals surface area contributed by atoms with Crippen LogP contribution in [0.3, 0.4) is 0 Å². The van der Waals surface area contributed by atoms with Gasteiger partial charge in [0.05, 0.1) is 0 Å². The lowest BCUT2D eigenvalue weighted by molar-refractivity contribution is 0.518. The van der Waals surface area contributed by atoms with Crippen molar-refractivity contribution in [1.29, 1.82) is 0 Å². The lowest BCUT2D eigenvalue weighted by Crippen LogP contribution is -2.34. The first-order valence-corrected chi connectivity index (χ1v) is 7.11. The van der Waals surface area contributed by atoms with Crippen molar-refractivity contribution in [3.05, 3.63) is 30.3 Å². The zero-order valence-electron chi connectivity index (χ0n) is 11.2. The van der Waals surface area contributed by atoms with Gasteiger partial charge < -0.3 is 10.2 Å². The summed E-state index contributed by atoms with van der Waals surface area (Å²) in [6.07, 6.45) is 4.65. The summed E-state index contributed by atoms with van der Waals surface area (Å²) in [7, 11) is 0. The summed E-state index contributed by atoms with van der Waals surface area (Å²) in [4.78, 5) is 11.5. The molecular formula is C15H20N4. The number of benzene rings is 1. The predicted molar refractivity (Wildman–Crippen MR) is 79.8 cm³/mol. The van der Waals surface area contributed by atoms with Crippen LogP contribution < -0.4 is 5.32 Å². The van der Waals surface area contributed by atoms with Crippen molar-refractivity contribution in [1.82, 2.24) is 4.90 Å². The molecule has 100 valence electrons. The third-order valence-corrected chi connectivity index (χ3v) is 3.52. The molecule has 3 rings (SSSR count). The van der Waals surface area contributed by atoms with Crippen LogP contribution >= 0.6 is 0 Å². The fraction of sp³-hybridized carbons (Fsp3) is 0.467. The average Bonchev–Trinajstić information content (AvgIpc) is 3.12. The minimum atomic E-state index is 0.928. The Balaban J connectivity index is 1.79. The van der Waals surface area contributed by atoms with Crippen LogP contribution in [0.4, 0.5) is 5.69 Å². The number of anilines is 1. The highest BCUT2D eigenvalue weighted by Gasteiger charge is 2.18. The fourth-order valence-electron chi connectivity index (χ4n) is 2.50. The lowest BCUT2D eigenvalue weighted by atomic mass is 10.3. The molecule has 0 aromatic heterocycles. The second-order valence-corrected chi connectivity index (χ2v) is 5.02. The topological polar surface area (TPSA) is 40.0 Å². The molecule has 0 saturated carbocycles. The Morgan fingerprint density at radius 3 is 2.58 bits per heavy atom. The maximum Gasteiger partial charge on any atom is 0.204 e. The van der Waals surface area contributed by atoms with E-state index in [2.05, 4.69) is 27.3 Å². The summed E-state index contributed by atoms with van der Waals surface area (Å²) >= 11 is 0. The van der Waals surface area contributed by atoms with E-state index >= 15 is 0 Å². The minimum Gasteiger partial charge on any atom is -0.342 e. The SMILES string of the molecule is c1ccc(NC(=NC2=NCCC2)N2CCCC2)cc1. The van der Waals surface area contributed by atoms with Gasteiger partial charge in [-0.05, 0) is 31.4 Å². The molecule has 0 spiro atoms. The molecule has 1 aromatic carbocycles. The van der Waals surface area contributed by atoms with E-state index in [9.17, 15) is 0 Å². The zero-order valence-corrected chi connectivity index (χ0v) is 11.2. The summed E-state index contributed by atoms with van der Waals surface area (Å²) in [5.74, 6) is 1.95. The van der Waals surface area contributed by atoms with E-state index in [1.165, 1.54) is 12.8 Å². The smallest absolute Gasteiger partial charge is 0.204 e. The zero-order chi connectivity index (χ0) is 12.9. The molecule has 2 heterocycles. The maximum atomic E-state index is 4.73. The molecule has 4 nitrogen and oxygen atoms in total. The average molecular weight is 256 g/mol. The van der Waals surface area contributed by atoms with E-state index in [1.807, 2.05) is 18.2 Å². The van der Waals surface area contributed by atoms with Gasteiger partial charge >= 0.3 is 0 Å². The van der Waals surface area contributed by atoms with E-state index in [0.29, 0.717) is 0 Å². The van der Waals surface area contributed by atoms with Gasteiger partial charge in [-0.1, -0.05) is 18.2 Å². The molecule has 19 heavy (non-hydrogen) atoms. The number of hydrogen-bond donors (Lipinski definition) is 1. The second-order valence-electron chi connectivity index (χ2n) is 5.02. The minimum absolute atomic E-state index is 0.928. The van der Waals surface area contributed by atoms with Gasteiger partial charge in [0.15, 0.2) is 0 Å². The first-order chi connectivity index (χ1) is 9.42. The Bertz CT molecular complexity index is 472. The quantitative estimate of drug-likeness (QED) is 0.620. The summed E-state index contributed by atoms with van der Waals surface area (Å²) in [5.41, 5.74) is 1.09. The van der Waals surface area contributed by atoms with Crippen LogP contribution in [-0.2, 0) is 0 Å². The molecule has 0 atom stereocenters. The molecule has 2 aliphatic rings. The van der Waals surface area contributed by atoms with Crippen molar-refractivity contribution in [3.8, 4) is 0 Å². The van der Waals surface area contributed by atoms with Gasteiger partial charge in [0.25, 0.3) is 0 Å². The van der Waals surface area contributed by atoms with E-state index in [0.717, 1.165) is 50.0 Å². The number of nitrogens with zero attached hydrogens (tertiary/aromatic N) is 3. The van der Waals surface area contributed by atoms with Crippen molar-refractivity contribution in [2.24, 2.45) is 9.98 Å². The third-order valence-electron chi connectivity index (χ3n) is 3.52. The van der Waals surface area contributed by atoms with Crippen LogP contribution in [0.1, 0.15) is 25.7 Å². The van der Waals surface area contributed by atoms with Gasteiger partial charge in [0.2, 0.25) is 5.96 Å². The highest BCUT2D eigenvalue weighted by molar-refractivity contribution is 6.03. The van der Waals surface area contributed by atoms with Crippen LogP contribution in [0.15, 0.2) is 40.3 Å². The molecule has 4 heteroatoms. The van der Waals surface area contributed by atoms with Crippen molar-refractivity contribution in [2.75, 3.05) is 25.0 Å². The molecule has 2 aliphatic heterocycles. The monoisotopic (exact) mass is 256 g/mol. The molecule has 1 saturated heterocycles. The van der Waals surface area contributed by atoms with E-state index in [4.69, 9.17) is 4.99 Å². The normalized spacial score (nSPS) is 19.7. The van der Waals surface area contributed by atoms with Gasteiger partial charge in [-0.3, -0.25) is 4.99 Å². The number of rotatable bonds is 1. The molecule has 1 N–H and O–H groups in total. The summed E-state index contributed by atoms with van der Waals surface area (Å²) in [5, 5.41) is 3.44. The van der Waals surface area contributed by atoms with E-state index in [-0.39, 0.29) is 0 Å². The van der Waals surface area contributed by atoms with Crippen molar-refractivity contribution in [3.63, 3.8) is 0 Å². The standard InChI is InChI=1S/C15H20N4/c1-2-7-13(8-3-1)17-15(19-11-4-5-12-19)18-14-9-6-10-16-14/h1-3,7-8H,4-6,9-12H2,(H,16,17,18). The van der Waals surface area contributed by atoms with Crippen molar-refractivity contribution in [2.45, 2.75) is 25.7 Å². The van der Waals surface area contributed by atoms with Crippen LogP contribution in [0.5, 0.6) is 0 Å². The highest BCUT2D eigenvalue weighted by atomic mass is 15.3. The predicted octanol–water partition coefficient (Wildman–Crippen LogP) is 2.74. The number of guanidine groups is 1. The molecular weight excluding hydrogens is 236 g/mol. The van der Waals surface area contributed by atoms with Gasteiger partial charge in [-0.15, -0.1) is 0 Å². The molecule has 1 fully saturated rings. The van der Waals surface area contributed by atoms with Crippen molar-refractivity contribution < 1.29 is 0 Å². The van der Waals surface area contributed by atoms with Crippen LogP contribution in [0.2, 0.25) is 0 Å². The molecule has 0 radical (unpaired) electrons. The largest absolute Gasteiger partial charge is 0.342 e. The van der Waals surface area contributed by atoms with Crippen LogP contribution in [-0.4, -0.2) is 36.3 Å². The van der Waals surface area contributed by atoms with Crippen LogP contribution in [0, 0.1) is 0 Å². The Hall–Kier alpha value is -1.84. The highest BCUT2D eigenvalue weighted by Crippen LogP contribution is 2.14. The molecule has 0 aliphatic carbocycles. The number of nitrogens with one attached hydrogen (secondary N) is 1. The van der Waals surface area contributed by atoms with Gasteiger partial charge in [0, 0.05) is 31.7 Å². The second kappa shape index (κ2) is 5.87. The fourth-order valence-corrected chi connectivity index (χ4v) is 2.50. The third kappa shape index (κ3) is 3.13. The molecule has 1 aromatic rings. The van der Waals surface area contributed by atoms with Gasteiger partial charge in [-0.25, -0.2) is 0 Å². The molecule has 0 amide bonds. The number of hydrogen-bond acceptors (Lipinski definition) is 2.